The van der Waals surface area contributed by atoms with Crippen LogP contribution in [0.2, 0.25) is 0 Å². The van der Waals surface area contributed by atoms with Gasteiger partial charge in [-0.25, -0.2) is 0 Å². The van der Waals surface area contributed by atoms with Gasteiger partial charge in [0.1, 0.15) is 6.21 Å². The van der Waals surface area contributed by atoms with E-state index >= 15 is 0 Å². The van der Waals surface area contributed by atoms with Crippen molar-refractivity contribution < 1.29 is 17.9 Å². The summed E-state index contributed by atoms with van der Waals surface area (Å²) in [5, 5.41) is 4.84. The highest BCUT2D eigenvalue weighted by atomic mass is 19.4. The fraction of sp³-hybridized carbons (Fsp3) is 0.875. The van der Waals surface area contributed by atoms with E-state index < -0.39 is 6.18 Å². The van der Waals surface area contributed by atoms with Crippen LogP contribution in [0, 0.1) is 0 Å². The Bertz CT molecular complexity index is 205. The summed E-state index contributed by atoms with van der Waals surface area (Å²) >= 11 is 0. The Kier molecular flexibility index (Phi) is 3.74. The van der Waals surface area contributed by atoms with E-state index in [9.17, 15) is 13.2 Å². The van der Waals surface area contributed by atoms with Gasteiger partial charge in [-0.3, -0.25) is 5.01 Å². The van der Waals surface area contributed by atoms with Crippen molar-refractivity contribution >= 4 is 6.21 Å². The molecule has 0 amide bonds. The number of hydrogen-bond donors (Lipinski definition) is 0. The second-order valence-corrected chi connectivity index (χ2v) is 3.20. The number of ether oxygens (including phenoxy) is 1. The molecule has 82 valence electrons. The zero-order valence-electron chi connectivity index (χ0n) is 7.92. The lowest BCUT2D eigenvalue weighted by atomic mass is 10.2. The molecule has 0 aromatic carbocycles. The fourth-order valence-corrected chi connectivity index (χ4v) is 1.47. The average molecular weight is 210 g/mol. The Hall–Kier alpha value is -0.780. The normalized spacial score (nSPS) is 23.7. The number of halogens is 3. The van der Waals surface area contributed by atoms with E-state index in [0.29, 0.717) is 13.2 Å². The van der Waals surface area contributed by atoms with Crippen molar-refractivity contribution in [1.29, 1.82) is 0 Å². The van der Waals surface area contributed by atoms with Crippen molar-refractivity contribution in [2.24, 2.45) is 5.10 Å². The van der Waals surface area contributed by atoms with Crippen molar-refractivity contribution in [3.8, 4) is 0 Å². The van der Waals surface area contributed by atoms with E-state index in [1.165, 1.54) is 12.1 Å². The first-order valence-electron chi connectivity index (χ1n) is 4.40. The molecule has 0 spiro atoms. The summed E-state index contributed by atoms with van der Waals surface area (Å²) in [5.41, 5.74) is 0. The maximum absolute atomic E-state index is 11.8. The number of hydrogen-bond acceptors (Lipinski definition) is 3. The van der Waals surface area contributed by atoms with E-state index in [4.69, 9.17) is 4.74 Å². The van der Waals surface area contributed by atoms with Gasteiger partial charge in [-0.05, 0) is 12.8 Å². The Morgan fingerprint density at radius 3 is 2.86 bits per heavy atom. The van der Waals surface area contributed by atoms with Gasteiger partial charge in [-0.2, -0.15) is 18.3 Å². The van der Waals surface area contributed by atoms with Gasteiger partial charge in [0.15, 0.2) is 0 Å². The largest absolute Gasteiger partial charge is 0.428 e. The number of alkyl halides is 3. The Morgan fingerprint density at radius 2 is 2.29 bits per heavy atom. The minimum absolute atomic E-state index is 0.0152. The molecule has 6 heteroatoms. The molecule has 1 rings (SSSR count). The molecule has 0 radical (unpaired) electrons. The topological polar surface area (TPSA) is 24.8 Å². The van der Waals surface area contributed by atoms with Gasteiger partial charge >= 0.3 is 6.18 Å². The maximum Gasteiger partial charge on any atom is 0.428 e. The lowest BCUT2D eigenvalue weighted by Gasteiger charge is -2.20. The number of nitrogens with zero attached hydrogens (tertiary/aromatic N) is 2. The van der Waals surface area contributed by atoms with Crippen LogP contribution in [0.25, 0.3) is 0 Å². The number of methoxy groups -OCH3 is 1. The van der Waals surface area contributed by atoms with E-state index in [1.807, 2.05) is 0 Å². The predicted molar refractivity (Wildman–Crippen MR) is 46.2 cm³/mol. The zero-order valence-corrected chi connectivity index (χ0v) is 7.92. The minimum Gasteiger partial charge on any atom is -0.382 e. The first-order chi connectivity index (χ1) is 6.53. The maximum atomic E-state index is 11.8. The van der Waals surface area contributed by atoms with Gasteiger partial charge in [0.25, 0.3) is 0 Å². The van der Waals surface area contributed by atoms with Crippen LogP contribution in [0.15, 0.2) is 5.10 Å². The highest BCUT2D eigenvalue weighted by molar-refractivity contribution is 5.63. The molecule has 1 atom stereocenters. The van der Waals surface area contributed by atoms with Crippen LogP contribution in [0.1, 0.15) is 12.8 Å². The van der Waals surface area contributed by atoms with Crippen LogP contribution in [0.4, 0.5) is 13.2 Å². The molecule has 1 aliphatic heterocycles. The summed E-state index contributed by atoms with van der Waals surface area (Å²) in [6.45, 7) is 0.996. The lowest BCUT2D eigenvalue weighted by molar-refractivity contribution is -0.0551. The van der Waals surface area contributed by atoms with Gasteiger partial charge in [0, 0.05) is 13.7 Å². The van der Waals surface area contributed by atoms with Crippen LogP contribution in [-0.4, -0.2) is 43.7 Å². The third-order valence-corrected chi connectivity index (χ3v) is 2.06. The van der Waals surface area contributed by atoms with E-state index in [0.717, 1.165) is 12.8 Å². The minimum atomic E-state index is -4.33. The molecular weight excluding hydrogens is 197 g/mol. The van der Waals surface area contributed by atoms with Crippen molar-refractivity contribution in [3.63, 3.8) is 0 Å². The van der Waals surface area contributed by atoms with Crippen LogP contribution >= 0.6 is 0 Å². The quantitative estimate of drug-likeness (QED) is 0.661. The number of hydrazone groups is 1. The summed E-state index contributed by atoms with van der Waals surface area (Å²) in [7, 11) is 1.53. The number of rotatable bonds is 3. The zero-order chi connectivity index (χ0) is 10.6. The molecule has 0 aromatic rings. The third kappa shape index (κ3) is 3.53. The Labute approximate surface area is 80.5 Å². The summed E-state index contributed by atoms with van der Waals surface area (Å²) in [6, 6.07) is -0.0152. The van der Waals surface area contributed by atoms with Gasteiger partial charge < -0.3 is 4.74 Å². The molecule has 0 bridgehead atoms. The van der Waals surface area contributed by atoms with Gasteiger partial charge in [0.2, 0.25) is 0 Å². The summed E-state index contributed by atoms with van der Waals surface area (Å²) in [6.07, 6.45) is -2.60. The summed E-state index contributed by atoms with van der Waals surface area (Å²) < 4.78 is 40.3. The molecule has 0 unspecified atom stereocenters. The molecule has 14 heavy (non-hydrogen) atoms. The smallest absolute Gasteiger partial charge is 0.382 e. The molecule has 1 aliphatic rings. The van der Waals surface area contributed by atoms with Gasteiger partial charge in [-0.1, -0.05) is 0 Å². The molecule has 1 heterocycles. The second kappa shape index (κ2) is 4.63. The highest BCUT2D eigenvalue weighted by Gasteiger charge is 2.27. The Morgan fingerprint density at radius 1 is 1.57 bits per heavy atom. The fourth-order valence-electron chi connectivity index (χ4n) is 1.47. The molecule has 0 saturated carbocycles. The van der Waals surface area contributed by atoms with E-state index in [-0.39, 0.29) is 12.3 Å². The van der Waals surface area contributed by atoms with Gasteiger partial charge in [-0.15, -0.1) is 0 Å². The molecule has 0 aromatic heterocycles. The standard InChI is InChI=1S/C8H13F3N2O/c1-14-5-7-3-2-4-13(7)12-6-8(9,10)11/h6-7H,2-5H2,1H3/b12-6+/t7-/m1/s1. The summed E-state index contributed by atoms with van der Waals surface area (Å²) in [5.74, 6) is 0. The molecule has 1 fully saturated rings. The van der Waals surface area contributed by atoms with Crippen molar-refractivity contribution in [2.75, 3.05) is 20.3 Å². The first kappa shape index (κ1) is 11.3. The predicted octanol–water partition coefficient (Wildman–Crippen LogP) is 1.65. The molecule has 0 N–H and O–H groups in total. The molecule has 0 aliphatic carbocycles. The van der Waals surface area contributed by atoms with Crippen molar-refractivity contribution in [2.45, 2.75) is 25.1 Å². The van der Waals surface area contributed by atoms with Crippen molar-refractivity contribution in [1.82, 2.24) is 5.01 Å². The molecule has 1 saturated heterocycles. The molecular formula is C8H13F3N2O. The van der Waals surface area contributed by atoms with E-state index in [2.05, 4.69) is 5.10 Å². The Balaban J connectivity index is 2.47. The average Bonchev–Trinajstić information content (AvgIpc) is 2.48. The van der Waals surface area contributed by atoms with Crippen LogP contribution in [0.5, 0.6) is 0 Å². The monoisotopic (exact) mass is 210 g/mol. The highest BCUT2D eigenvalue weighted by Crippen LogP contribution is 2.19. The van der Waals surface area contributed by atoms with E-state index in [1.54, 1.807) is 0 Å². The first-order valence-corrected chi connectivity index (χ1v) is 4.40. The summed E-state index contributed by atoms with van der Waals surface area (Å²) in [4.78, 5) is 0. The van der Waals surface area contributed by atoms with Crippen LogP contribution in [-0.2, 0) is 4.74 Å². The second-order valence-electron chi connectivity index (χ2n) is 3.20. The van der Waals surface area contributed by atoms with Crippen LogP contribution in [0.3, 0.4) is 0 Å². The third-order valence-electron chi connectivity index (χ3n) is 2.06. The SMILES string of the molecule is COC[C@H]1CCCN1/N=C/C(F)(F)F. The van der Waals surface area contributed by atoms with Crippen LogP contribution < -0.4 is 0 Å². The van der Waals surface area contributed by atoms with Crippen molar-refractivity contribution in [3.05, 3.63) is 0 Å². The molecule has 3 nitrogen and oxygen atoms in total. The lowest BCUT2D eigenvalue weighted by Crippen LogP contribution is -2.29. The van der Waals surface area contributed by atoms with Gasteiger partial charge in [0.05, 0.1) is 12.6 Å².